The largest absolute Gasteiger partial charge is 0.319 e. The maximum atomic E-state index is 13.2. The van der Waals surface area contributed by atoms with E-state index in [0.29, 0.717) is 19.2 Å². The minimum atomic E-state index is -1.20. The molecule has 0 spiro atoms. The summed E-state index contributed by atoms with van der Waals surface area (Å²) in [6.45, 7) is 0.652. The molecule has 1 aliphatic rings. The third-order valence-corrected chi connectivity index (χ3v) is 2.41. The Hall–Kier alpha value is -0.780. The summed E-state index contributed by atoms with van der Waals surface area (Å²) in [6, 6.07) is 1.45. The average Bonchev–Trinajstić information content (AvgIpc) is 2.07. The topological polar surface area (TPSA) is 38.0 Å². The fourth-order valence-corrected chi connectivity index (χ4v) is 1.50. The van der Waals surface area contributed by atoms with Crippen molar-refractivity contribution in [1.82, 2.24) is 5.32 Å². The molecule has 0 bridgehead atoms. The molecule has 1 saturated heterocycles. The summed E-state index contributed by atoms with van der Waals surface area (Å²) in [5, 5.41) is 2.83. The molecule has 0 radical (unpaired) electrons. The molecule has 0 atom stereocenters. The highest BCUT2D eigenvalue weighted by Crippen LogP contribution is 2.27. The van der Waals surface area contributed by atoms with E-state index in [-0.39, 0.29) is 18.0 Å². The lowest BCUT2D eigenvalue weighted by molar-refractivity contribution is 0.272. The van der Waals surface area contributed by atoms with Crippen LogP contribution in [0.25, 0.3) is 0 Å². The van der Waals surface area contributed by atoms with Crippen molar-refractivity contribution in [3.8, 4) is 0 Å². The Kier molecular flexibility index (Phi) is 3.28. The first-order valence-electron chi connectivity index (χ1n) is 4.17. The van der Waals surface area contributed by atoms with Crippen LogP contribution in [-0.4, -0.2) is 13.1 Å². The van der Waals surface area contributed by atoms with E-state index in [1.807, 2.05) is 0 Å². The fourth-order valence-electron chi connectivity index (χ4n) is 1.50. The molecular weight excluding hydrogens is 229 g/mol. The monoisotopic (exact) mass is 238 g/mol. The molecule has 3 N–H and O–H groups in total. The van der Waals surface area contributed by atoms with Crippen LogP contribution in [-0.2, 0) is 5.54 Å². The van der Waals surface area contributed by atoms with Crippen molar-refractivity contribution in [3.63, 3.8) is 0 Å². The first kappa shape index (κ1) is 12.3. The lowest BCUT2D eigenvalue weighted by Crippen LogP contribution is -2.63. The minimum Gasteiger partial charge on any atom is -0.319 e. The number of nitrogens with two attached hydrogens (primary N) is 1. The van der Waals surface area contributed by atoms with Gasteiger partial charge in [0.05, 0.1) is 5.54 Å². The van der Waals surface area contributed by atoms with E-state index < -0.39 is 23.0 Å². The van der Waals surface area contributed by atoms with Crippen LogP contribution in [0.4, 0.5) is 13.2 Å². The molecule has 0 aliphatic carbocycles. The van der Waals surface area contributed by atoms with Gasteiger partial charge in [0.25, 0.3) is 0 Å². The van der Waals surface area contributed by atoms with Crippen LogP contribution in [0.3, 0.4) is 0 Å². The number of rotatable bonds is 1. The quantitative estimate of drug-likeness (QED) is 0.724. The molecule has 0 aromatic heterocycles. The summed E-state index contributed by atoms with van der Waals surface area (Å²) >= 11 is 0. The molecule has 1 fully saturated rings. The van der Waals surface area contributed by atoms with E-state index >= 15 is 0 Å². The lowest BCUT2D eigenvalue weighted by atomic mass is 9.85. The standard InChI is InChI=1S/C9H9F3N2.ClH/c10-5-1-6(8(12)7(11)2-5)9(13)3-14-4-9;/h1-2,14H,3-4,13H2;1H. The van der Waals surface area contributed by atoms with Crippen LogP contribution in [0, 0.1) is 17.5 Å². The molecule has 1 aliphatic heterocycles. The highest BCUT2D eigenvalue weighted by atomic mass is 35.5. The van der Waals surface area contributed by atoms with Gasteiger partial charge in [-0.1, -0.05) is 0 Å². The minimum absolute atomic E-state index is 0. The number of benzene rings is 1. The first-order valence-corrected chi connectivity index (χ1v) is 4.17. The van der Waals surface area contributed by atoms with Crippen LogP contribution >= 0.6 is 12.4 Å². The number of hydrogen-bond donors (Lipinski definition) is 2. The second-order valence-corrected chi connectivity index (χ2v) is 3.51. The summed E-state index contributed by atoms with van der Waals surface area (Å²) in [7, 11) is 0. The van der Waals surface area contributed by atoms with Gasteiger partial charge in [-0.3, -0.25) is 0 Å². The first-order chi connectivity index (χ1) is 6.53. The molecule has 1 aromatic carbocycles. The van der Waals surface area contributed by atoms with Crippen molar-refractivity contribution < 1.29 is 13.2 Å². The molecule has 2 nitrogen and oxygen atoms in total. The van der Waals surface area contributed by atoms with Crippen LogP contribution < -0.4 is 11.1 Å². The molecule has 1 heterocycles. The Morgan fingerprint density at radius 1 is 1.20 bits per heavy atom. The van der Waals surface area contributed by atoms with Crippen LogP contribution in [0.2, 0.25) is 0 Å². The molecule has 0 amide bonds. The van der Waals surface area contributed by atoms with Crippen LogP contribution in [0.15, 0.2) is 12.1 Å². The average molecular weight is 239 g/mol. The molecule has 84 valence electrons. The second kappa shape index (κ2) is 4.00. The summed E-state index contributed by atoms with van der Waals surface area (Å²) in [4.78, 5) is 0. The second-order valence-electron chi connectivity index (χ2n) is 3.51. The van der Waals surface area contributed by atoms with Gasteiger partial charge < -0.3 is 11.1 Å². The van der Waals surface area contributed by atoms with E-state index in [1.165, 1.54) is 0 Å². The maximum absolute atomic E-state index is 13.2. The van der Waals surface area contributed by atoms with Gasteiger partial charge >= 0.3 is 0 Å². The SMILES string of the molecule is Cl.NC1(c2cc(F)cc(F)c2F)CNC1. The molecule has 1 aromatic rings. The Bertz CT molecular complexity index is 380. The third kappa shape index (κ3) is 1.95. The molecule has 2 rings (SSSR count). The fraction of sp³-hybridized carbons (Fsp3) is 0.333. The molecule has 0 unspecified atom stereocenters. The number of hydrogen-bond acceptors (Lipinski definition) is 2. The summed E-state index contributed by atoms with van der Waals surface area (Å²) in [5.41, 5.74) is 4.64. The van der Waals surface area contributed by atoms with Crippen molar-refractivity contribution in [2.24, 2.45) is 5.73 Å². The maximum Gasteiger partial charge on any atom is 0.164 e. The highest BCUT2D eigenvalue weighted by Gasteiger charge is 2.37. The predicted molar refractivity (Wildman–Crippen MR) is 52.3 cm³/mol. The van der Waals surface area contributed by atoms with E-state index in [1.54, 1.807) is 0 Å². The van der Waals surface area contributed by atoms with Crippen molar-refractivity contribution in [2.45, 2.75) is 5.54 Å². The molecule has 15 heavy (non-hydrogen) atoms. The van der Waals surface area contributed by atoms with E-state index in [4.69, 9.17) is 5.73 Å². The normalized spacial score (nSPS) is 17.9. The Balaban J connectivity index is 0.00000112. The molecule has 6 heteroatoms. The van der Waals surface area contributed by atoms with Gasteiger partial charge in [-0.25, -0.2) is 13.2 Å². The van der Waals surface area contributed by atoms with Gasteiger partial charge in [-0.05, 0) is 6.07 Å². The van der Waals surface area contributed by atoms with E-state index in [9.17, 15) is 13.2 Å². The summed E-state index contributed by atoms with van der Waals surface area (Å²) < 4.78 is 38.9. The van der Waals surface area contributed by atoms with Crippen LogP contribution in [0.1, 0.15) is 5.56 Å². The zero-order chi connectivity index (χ0) is 10.3. The molecule has 0 saturated carbocycles. The van der Waals surface area contributed by atoms with E-state index in [2.05, 4.69) is 5.32 Å². The smallest absolute Gasteiger partial charge is 0.164 e. The number of halogens is 4. The van der Waals surface area contributed by atoms with Gasteiger partial charge in [0, 0.05) is 24.7 Å². The molecular formula is C9H10ClF3N2. The zero-order valence-electron chi connectivity index (χ0n) is 7.69. The lowest BCUT2D eigenvalue weighted by Gasteiger charge is -2.39. The van der Waals surface area contributed by atoms with Crippen molar-refractivity contribution >= 4 is 12.4 Å². The Morgan fingerprint density at radius 2 is 1.80 bits per heavy atom. The van der Waals surface area contributed by atoms with Crippen molar-refractivity contribution in [2.75, 3.05) is 13.1 Å². The summed E-state index contributed by atoms with van der Waals surface area (Å²) in [5.74, 6) is -3.07. The Morgan fingerprint density at radius 3 is 2.27 bits per heavy atom. The Labute approximate surface area is 91.1 Å². The predicted octanol–water partition coefficient (Wildman–Crippen LogP) is 1.28. The van der Waals surface area contributed by atoms with E-state index in [0.717, 1.165) is 6.07 Å². The van der Waals surface area contributed by atoms with Gasteiger partial charge in [0.1, 0.15) is 5.82 Å². The van der Waals surface area contributed by atoms with Crippen molar-refractivity contribution in [3.05, 3.63) is 35.1 Å². The van der Waals surface area contributed by atoms with Gasteiger partial charge in [-0.15, -0.1) is 12.4 Å². The third-order valence-electron chi connectivity index (χ3n) is 2.41. The van der Waals surface area contributed by atoms with Crippen molar-refractivity contribution in [1.29, 1.82) is 0 Å². The van der Waals surface area contributed by atoms with Gasteiger partial charge in [0.2, 0.25) is 0 Å². The highest BCUT2D eigenvalue weighted by molar-refractivity contribution is 5.85. The number of nitrogens with one attached hydrogen (secondary N) is 1. The van der Waals surface area contributed by atoms with Gasteiger partial charge in [-0.2, -0.15) is 0 Å². The zero-order valence-corrected chi connectivity index (χ0v) is 8.50. The van der Waals surface area contributed by atoms with Crippen LogP contribution in [0.5, 0.6) is 0 Å². The summed E-state index contributed by atoms with van der Waals surface area (Å²) in [6.07, 6.45) is 0. The van der Waals surface area contributed by atoms with Gasteiger partial charge in [0.15, 0.2) is 11.6 Å².